The summed E-state index contributed by atoms with van der Waals surface area (Å²) in [6.45, 7) is 21.2. The van der Waals surface area contributed by atoms with Gasteiger partial charge in [0, 0.05) is 28.4 Å². The zero-order valence-electron chi connectivity index (χ0n) is 45.9. The lowest BCUT2D eigenvalue weighted by Crippen LogP contribution is -2.17. The molecule has 0 bridgehead atoms. The van der Waals surface area contributed by atoms with Crippen LogP contribution in [0.4, 0.5) is 0 Å². The third-order valence-electron chi connectivity index (χ3n) is 12.1. The average Bonchev–Trinajstić information content (AvgIpc) is 3.72. The Morgan fingerprint density at radius 1 is 0.508 bits per heavy atom. The number of nitrogens with zero attached hydrogens (tertiary/aromatic N) is 3. The molecular weight excluding hydrogens is 791 g/mol. The first-order chi connectivity index (χ1) is 33.9. The molecule has 0 atom stereocenters. The van der Waals surface area contributed by atoms with Crippen LogP contribution in [0.5, 0.6) is 5.75 Å². The number of aryl methyl sites for hydroxylation is 1. The molecule has 0 unspecified atom stereocenters. The first-order valence-electron chi connectivity index (χ1n) is 25.7. The van der Waals surface area contributed by atoms with Gasteiger partial charge in [0.15, 0.2) is 0 Å². The largest absolute Gasteiger partial charge is 0.507 e. The second-order valence-corrected chi connectivity index (χ2v) is 20.1. The molecule has 0 radical (unpaired) electrons. The molecule has 7 aromatic carbocycles. The van der Waals surface area contributed by atoms with Gasteiger partial charge in [-0.25, -0.2) is 4.98 Å². The maximum atomic E-state index is 12.5. The van der Waals surface area contributed by atoms with Gasteiger partial charge < -0.3 is 5.11 Å². The van der Waals surface area contributed by atoms with Gasteiger partial charge >= 0.3 is 0 Å². The third kappa shape index (κ3) is 8.54. The second-order valence-electron chi connectivity index (χ2n) is 20.1. The molecule has 9 aromatic rings. The molecule has 4 nitrogen and oxygen atoms in total. The zero-order chi connectivity index (χ0) is 51.9. The lowest BCUT2D eigenvalue weighted by molar-refractivity contribution is 0.446. The number of hydrogen-bond donors (Lipinski definition) is 1. The predicted molar refractivity (Wildman–Crippen MR) is 274 cm³/mol. The van der Waals surface area contributed by atoms with Crippen molar-refractivity contribution in [2.45, 2.75) is 85.5 Å². The van der Waals surface area contributed by atoms with E-state index >= 15 is 0 Å². The van der Waals surface area contributed by atoms with Crippen LogP contribution in [-0.4, -0.2) is 19.6 Å². The van der Waals surface area contributed by atoms with Crippen molar-refractivity contribution >= 4 is 11.0 Å². The Morgan fingerprint density at radius 3 is 1.77 bits per heavy atom. The van der Waals surface area contributed by atoms with Gasteiger partial charge in [0.05, 0.1) is 37.6 Å². The summed E-state index contributed by atoms with van der Waals surface area (Å²) in [7, 11) is 0. The number of pyridine rings is 1. The molecule has 0 saturated heterocycles. The van der Waals surface area contributed by atoms with E-state index in [2.05, 4.69) is 127 Å². The Hall–Kier alpha value is -7.04. The zero-order valence-corrected chi connectivity index (χ0v) is 38.9. The molecule has 0 fully saturated rings. The van der Waals surface area contributed by atoms with Gasteiger partial charge in [0.2, 0.25) is 0 Å². The number of phenolic OH excluding ortho intramolecular Hbond substituents is 1. The smallest absolute Gasteiger partial charge is 0.149 e. The van der Waals surface area contributed by atoms with Crippen molar-refractivity contribution in [2.24, 2.45) is 0 Å². The summed E-state index contributed by atoms with van der Waals surface area (Å²) in [6, 6.07) is 39.4. The highest BCUT2D eigenvalue weighted by Crippen LogP contribution is 2.46. The van der Waals surface area contributed by atoms with E-state index in [9.17, 15) is 9.22 Å². The number of aromatic nitrogens is 3. The van der Waals surface area contributed by atoms with Crippen LogP contribution in [0.3, 0.4) is 0 Å². The quantitative estimate of drug-likeness (QED) is 0.174. The molecule has 4 heteroatoms. The molecule has 0 aliphatic carbocycles. The molecule has 2 heterocycles. The van der Waals surface area contributed by atoms with Gasteiger partial charge in [0.25, 0.3) is 0 Å². The van der Waals surface area contributed by atoms with Crippen molar-refractivity contribution in [1.82, 2.24) is 14.5 Å². The van der Waals surface area contributed by atoms with Gasteiger partial charge in [-0.2, -0.15) is 0 Å². The van der Waals surface area contributed by atoms with Gasteiger partial charge in [-0.15, -0.1) is 0 Å². The first-order valence-corrected chi connectivity index (χ1v) is 22.2. The monoisotopic (exact) mass is 857 g/mol. The van der Waals surface area contributed by atoms with Crippen molar-refractivity contribution in [3.05, 3.63) is 192 Å². The number of phenols is 1. The Morgan fingerprint density at radius 2 is 1.12 bits per heavy atom. The van der Waals surface area contributed by atoms with Gasteiger partial charge in [-0.3, -0.25) is 9.55 Å². The number of benzene rings is 7. The third-order valence-corrected chi connectivity index (χ3v) is 12.1. The van der Waals surface area contributed by atoms with Crippen molar-refractivity contribution < 1.29 is 14.7 Å². The highest BCUT2D eigenvalue weighted by Gasteiger charge is 2.29. The fourth-order valence-corrected chi connectivity index (χ4v) is 8.38. The van der Waals surface area contributed by atoms with Crippen molar-refractivity contribution in [3.63, 3.8) is 0 Å². The van der Waals surface area contributed by atoms with Crippen molar-refractivity contribution in [2.75, 3.05) is 0 Å². The van der Waals surface area contributed by atoms with Crippen molar-refractivity contribution in [3.8, 4) is 78.6 Å². The topological polar surface area (TPSA) is 50.9 Å². The maximum Gasteiger partial charge on any atom is 0.149 e. The lowest BCUT2D eigenvalue weighted by Gasteiger charge is -2.27. The molecule has 0 saturated carbocycles. The van der Waals surface area contributed by atoms with Crippen LogP contribution in [-0.2, 0) is 16.2 Å². The molecule has 324 valence electrons. The minimum absolute atomic E-state index is 0.0616. The fourth-order valence-electron chi connectivity index (χ4n) is 8.38. The van der Waals surface area contributed by atoms with E-state index in [4.69, 9.17) is 10.5 Å². The average molecular weight is 857 g/mol. The highest BCUT2D eigenvalue weighted by molar-refractivity contribution is 5.98. The SMILES string of the molecule is [2H]c1nc(-c2cc(-c3cccc4c3nc(-c3cc(C(C)(C)C)cc(C(C)(C)C)c3O)n4-c3ccc(C)cc3-c3ccccc3)cc(C(C)(C)C)c2)c([2H])c(-c2c([2H])c([2H])c(-c3ccccc3)c([2H])c2[2H])c1[2H]. The summed E-state index contributed by atoms with van der Waals surface area (Å²) in [5.74, 6) is 0.715. The number of hydrogen-bond acceptors (Lipinski definition) is 3. The predicted octanol–water partition coefficient (Wildman–Crippen LogP) is 16.3. The molecule has 1 N–H and O–H groups in total. The molecule has 0 aliphatic heterocycles. The summed E-state index contributed by atoms with van der Waals surface area (Å²) in [4.78, 5) is 10.1. The van der Waals surface area contributed by atoms with Gasteiger partial charge in [-0.1, -0.05) is 183 Å². The van der Waals surface area contributed by atoms with Gasteiger partial charge in [-0.05, 0) is 116 Å². The number of aromatic hydroxyl groups is 1. The fraction of sp³-hybridized carbons (Fsp3) is 0.213. The normalized spacial score (nSPS) is 13.7. The van der Waals surface area contributed by atoms with Crippen molar-refractivity contribution in [1.29, 1.82) is 0 Å². The van der Waals surface area contributed by atoms with E-state index in [1.54, 1.807) is 30.3 Å². The molecular formula is C61H59N3O. The standard InChI is InChI=1S/C61H59N3O/c1-39-24-29-54(50(32-39)43-20-15-12-16-21-43)64-55-23-17-22-49(56(55)63-58(64)51-37-48(60(5,6)7)38-52(57(51)65)61(8,9)10)45-33-46(35-47(34-45)59(2,3)4)53-36-44(30-31-62-53)42-27-25-41(26-28-42)40-18-13-11-14-19-40/h11-38,65H,1-10H3/i25D,26D,27D,28D,30D,31D,36D. The Kier molecular flexibility index (Phi) is 8.97. The molecule has 9 rings (SSSR count). The summed E-state index contributed by atoms with van der Waals surface area (Å²) in [5.41, 5.74) is 9.91. The van der Waals surface area contributed by atoms with Crippen LogP contribution >= 0.6 is 0 Å². The summed E-state index contributed by atoms with van der Waals surface area (Å²) >= 11 is 0. The molecule has 65 heavy (non-hydrogen) atoms. The van der Waals surface area contributed by atoms with Crippen LogP contribution in [0, 0.1) is 6.92 Å². The molecule has 0 aliphatic rings. The minimum Gasteiger partial charge on any atom is -0.507 e. The number of imidazole rings is 1. The van der Waals surface area contributed by atoms with Crippen LogP contribution < -0.4 is 0 Å². The van der Waals surface area contributed by atoms with Crippen LogP contribution in [0.15, 0.2) is 170 Å². The molecule has 0 amide bonds. The van der Waals surface area contributed by atoms with E-state index in [-0.39, 0.29) is 51.7 Å². The summed E-state index contributed by atoms with van der Waals surface area (Å²) in [5, 5.41) is 12.5. The Bertz CT molecular complexity index is 3590. The number of para-hydroxylation sites is 1. The van der Waals surface area contributed by atoms with E-state index in [1.165, 1.54) is 0 Å². The Labute approximate surface area is 395 Å². The van der Waals surface area contributed by atoms with Gasteiger partial charge in [0.1, 0.15) is 11.6 Å². The van der Waals surface area contributed by atoms with Crippen LogP contribution in [0.25, 0.3) is 83.9 Å². The number of rotatable bonds is 7. The van der Waals surface area contributed by atoms with Crippen LogP contribution in [0.1, 0.15) is 94.2 Å². The van der Waals surface area contributed by atoms with E-state index < -0.39 is 35.1 Å². The first kappa shape index (κ1) is 35.3. The molecule has 0 spiro atoms. The Balaban J connectivity index is 1.34. The van der Waals surface area contributed by atoms with E-state index in [0.29, 0.717) is 28.0 Å². The molecule has 2 aromatic heterocycles. The van der Waals surface area contributed by atoms with E-state index in [1.807, 2.05) is 48.5 Å². The second kappa shape index (κ2) is 16.5. The lowest BCUT2D eigenvalue weighted by atomic mass is 9.79. The van der Waals surface area contributed by atoms with E-state index in [0.717, 1.165) is 55.7 Å². The number of fused-ring (bicyclic) bond motifs is 1. The minimum atomic E-state index is -0.466. The van der Waals surface area contributed by atoms with Crippen LogP contribution in [0.2, 0.25) is 0 Å². The highest BCUT2D eigenvalue weighted by atomic mass is 16.3. The summed E-state index contributed by atoms with van der Waals surface area (Å²) in [6.07, 6.45) is -0.465. The maximum absolute atomic E-state index is 12.5. The summed E-state index contributed by atoms with van der Waals surface area (Å²) < 4.78 is 66.4.